The Morgan fingerprint density at radius 1 is 0.871 bits per heavy atom. The molecule has 2 heterocycles. The van der Waals surface area contributed by atoms with E-state index < -0.39 is 180 Å². The Morgan fingerprint density at radius 3 is 2.13 bits per heavy atom. The molecule has 5 fully saturated rings. The van der Waals surface area contributed by atoms with Crippen molar-refractivity contribution in [3.63, 3.8) is 0 Å². The number of nitrogens with one attached hydrogen (secondary N) is 2. The van der Waals surface area contributed by atoms with Gasteiger partial charge in [-0.25, -0.2) is 4.79 Å². The third-order valence-electron chi connectivity index (χ3n) is 14.8. The lowest BCUT2D eigenvalue weighted by Crippen LogP contribution is -2.69. The van der Waals surface area contributed by atoms with Crippen molar-refractivity contribution < 1.29 is 104 Å². The van der Waals surface area contributed by atoms with Crippen LogP contribution in [-0.4, -0.2) is 202 Å². The van der Waals surface area contributed by atoms with Gasteiger partial charge < -0.3 is 80.6 Å². The molecule has 6 aliphatic rings. The zero-order chi connectivity index (χ0) is 51.7. The van der Waals surface area contributed by atoms with Crippen LogP contribution in [0.1, 0.15) is 40.5 Å². The second-order valence-electron chi connectivity index (χ2n) is 19.0. The molecule has 1 spiro atoms. The van der Waals surface area contributed by atoms with E-state index in [0.717, 1.165) is 24.8 Å². The molecule has 2 aliphatic heterocycles. The van der Waals surface area contributed by atoms with Gasteiger partial charge in [-0.2, -0.15) is 11.8 Å². The number of fused-ring (bicyclic) bond motifs is 3. The van der Waals surface area contributed by atoms with Gasteiger partial charge in [0.05, 0.1) is 12.7 Å². The Labute approximate surface area is 405 Å². The first-order chi connectivity index (χ1) is 32.9. The number of carboxylic acids is 1. The van der Waals surface area contributed by atoms with E-state index in [2.05, 4.69) is 10.6 Å². The summed E-state index contributed by atoms with van der Waals surface area (Å²) in [6.45, 7) is 4.75. The minimum Gasteiger partial charge on any atom is -0.478 e. The van der Waals surface area contributed by atoms with Crippen molar-refractivity contribution in [1.29, 1.82) is 0 Å². The molecule has 24 heteroatoms. The first kappa shape index (κ1) is 54.9. The lowest BCUT2D eigenvalue weighted by molar-refractivity contribution is -0.319. The fourth-order valence-corrected chi connectivity index (χ4v) is 12.0. The van der Waals surface area contributed by atoms with Gasteiger partial charge in [0.2, 0.25) is 11.8 Å². The van der Waals surface area contributed by atoms with E-state index in [0.29, 0.717) is 0 Å². The van der Waals surface area contributed by atoms with Crippen LogP contribution in [0, 0.1) is 40.4 Å². The lowest BCUT2D eigenvalue weighted by atomic mass is 9.43. The smallest absolute Gasteiger partial charge is 0.328 e. The number of aliphatic carboxylic acids is 1. The number of cyclic esters (lactones) is 1. The van der Waals surface area contributed by atoms with Crippen LogP contribution in [0.25, 0.3) is 0 Å². The maximum atomic E-state index is 15.5. The van der Waals surface area contributed by atoms with E-state index in [-0.39, 0.29) is 24.3 Å². The number of amides is 2. The van der Waals surface area contributed by atoms with Gasteiger partial charge in [0.15, 0.2) is 29.4 Å². The number of thioether (sulfide) groups is 1. The summed E-state index contributed by atoms with van der Waals surface area (Å²) in [5, 5.41) is 109. The fraction of sp³-hybridized carbons (Fsp3) is 0.674. The van der Waals surface area contributed by atoms with E-state index >= 15 is 4.79 Å². The number of carbonyl (C=O) groups excluding carboxylic acids is 6. The highest BCUT2D eigenvalue weighted by Crippen LogP contribution is 2.62. The second kappa shape index (κ2) is 22.1. The fourth-order valence-electron chi connectivity index (χ4n) is 10.9. The summed E-state index contributed by atoms with van der Waals surface area (Å²) in [4.78, 5) is 94.3. The van der Waals surface area contributed by atoms with Gasteiger partial charge in [-0.15, -0.1) is 0 Å². The molecule has 70 heavy (non-hydrogen) atoms. The summed E-state index contributed by atoms with van der Waals surface area (Å²) in [7, 11) is 0. The highest BCUT2D eigenvalue weighted by molar-refractivity contribution is 7.99. The number of allylic oxidation sites excluding steroid dienone is 6. The molecular formula is C46H62N2O21S. The SMILES string of the molecule is CC(=O)N[C@H](CSC[C@H]1OC(=O)[C@@]2(C1=O)C(=O)[C@@]1(C)[C@@H](C=C[C@H]3[C@H](O)[C@@H](C)[C@H](OC(C)=O)C[C@@H]31)C[C@H]2\C=C/C=C\C=C/C(=O)O)C(=O)N[C@H]1[C@@H](OC2[C@@H](O)[C@H](O)C(O)[C@H](O)[C@@H]2O)O[C@@H](CO)[C@@H](O)[C@@H]1O. The van der Waals surface area contributed by atoms with Crippen LogP contribution >= 0.6 is 11.8 Å². The maximum Gasteiger partial charge on any atom is 0.328 e. The van der Waals surface area contributed by atoms with E-state index in [1.54, 1.807) is 19.9 Å². The molecule has 2 amide bonds. The number of ketones is 2. The molecule has 0 aromatic rings. The number of aliphatic hydroxyl groups excluding tert-OH is 9. The van der Waals surface area contributed by atoms with Gasteiger partial charge in [0.1, 0.15) is 73.1 Å². The molecule has 0 radical (unpaired) electrons. The summed E-state index contributed by atoms with van der Waals surface area (Å²) in [6.07, 6.45) is -11.2. The highest BCUT2D eigenvalue weighted by Gasteiger charge is 2.74. The van der Waals surface area contributed by atoms with Crippen molar-refractivity contribution in [3.8, 4) is 0 Å². The van der Waals surface area contributed by atoms with Crippen LogP contribution in [0.3, 0.4) is 0 Å². The quantitative estimate of drug-likeness (QED) is 0.0244. The summed E-state index contributed by atoms with van der Waals surface area (Å²) < 4.78 is 22.5. The highest BCUT2D eigenvalue weighted by atomic mass is 32.2. The Balaban J connectivity index is 1.24. The third kappa shape index (κ3) is 10.3. The summed E-state index contributed by atoms with van der Waals surface area (Å²) in [5.74, 6) is -10.6. The number of esters is 2. The van der Waals surface area contributed by atoms with Crippen LogP contribution in [0.2, 0.25) is 0 Å². The minimum absolute atomic E-state index is 0.0730. The molecular weight excluding hydrogens is 949 g/mol. The summed E-state index contributed by atoms with van der Waals surface area (Å²) >= 11 is 0.843. The first-order valence-electron chi connectivity index (χ1n) is 22.8. The van der Waals surface area contributed by atoms with Gasteiger partial charge in [0, 0.05) is 54.6 Å². The Kier molecular flexibility index (Phi) is 17.4. The van der Waals surface area contributed by atoms with Gasteiger partial charge in [0.25, 0.3) is 0 Å². The van der Waals surface area contributed by atoms with Crippen LogP contribution < -0.4 is 10.6 Å². The van der Waals surface area contributed by atoms with E-state index in [1.165, 1.54) is 37.3 Å². The second-order valence-corrected chi connectivity index (χ2v) is 20.1. The molecule has 6 rings (SSSR count). The van der Waals surface area contributed by atoms with Crippen LogP contribution in [0.15, 0.2) is 48.6 Å². The van der Waals surface area contributed by atoms with Crippen molar-refractivity contribution in [2.45, 2.75) is 132 Å². The number of rotatable bonds is 15. The Hall–Kier alpha value is -4.44. The average molecular weight is 1010 g/mol. The predicted octanol–water partition coefficient (Wildman–Crippen LogP) is -4.07. The molecule has 3 saturated carbocycles. The monoisotopic (exact) mass is 1010 g/mol. The number of carbonyl (C=O) groups is 7. The van der Waals surface area contributed by atoms with Gasteiger partial charge in [-0.1, -0.05) is 56.4 Å². The number of ether oxygens (including phenoxy) is 4. The van der Waals surface area contributed by atoms with Gasteiger partial charge in [-0.05, 0) is 24.7 Å². The van der Waals surface area contributed by atoms with Crippen LogP contribution in [0.4, 0.5) is 0 Å². The predicted molar refractivity (Wildman–Crippen MR) is 238 cm³/mol. The largest absolute Gasteiger partial charge is 0.478 e. The molecule has 4 aliphatic carbocycles. The topological polar surface area (TPSA) is 383 Å². The molecule has 0 bridgehead atoms. The van der Waals surface area contributed by atoms with E-state index in [1.807, 2.05) is 6.08 Å². The van der Waals surface area contributed by atoms with Gasteiger partial charge in [-0.3, -0.25) is 28.8 Å². The van der Waals surface area contributed by atoms with Crippen LogP contribution in [-0.2, 0) is 52.5 Å². The molecule has 0 aromatic heterocycles. The summed E-state index contributed by atoms with van der Waals surface area (Å²) in [6, 6.07) is -3.31. The summed E-state index contributed by atoms with van der Waals surface area (Å²) in [5.41, 5.74) is -3.89. The minimum atomic E-state index is -2.42. The lowest BCUT2D eigenvalue weighted by Gasteiger charge is -2.58. The average Bonchev–Trinajstić information content (AvgIpc) is 3.55. The molecule has 0 aromatic carbocycles. The van der Waals surface area contributed by atoms with Gasteiger partial charge >= 0.3 is 17.9 Å². The van der Waals surface area contributed by atoms with Crippen molar-refractivity contribution >= 4 is 53.1 Å². The van der Waals surface area contributed by atoms with Crippen molar-refractivity contribution in [3.05, 3.63) is 48.6 Å². The molecule has 2 saturated heterocycles. The number of Topliss-reactive ketones (excluding diaryl/α,β-unsaturated/α-hetero) is 2. The van der Waals surface area contributed by atoms with Crippen molar-refractivity contribution in [1.82, 2.24) is 10.6 Å². The number of aliphatic hydroxyl groups is 9. The Bertz CT molecular complexity index is 2120. The van der Waals surface area contributed by atoms with Crippen LogP contribution in [0.5, 0.6) is 0 Å². The van der Waals surface area contributed by atoms with E-state index in [9.17, 15) is 74.7 Å². The third-order valence-corrected chi connectivity index (χ3v) is 15.9. The molecule has 23 nitrogen and oxygen atoms in total. The van der Waals surface area contributed by atoms with Crippen molar-refractivity contribution in [2.75, 3.05) is 18.1 Å². The molecule has 388 valence electrons. The standard InChI is InChI=1S/C46H62N2O21S/c1-18-26(66-20(3)51)14-24-23(31(18)54)12-11-21-13-22(9-7-5-6-8-10-29(52)53)46(43(64)45(21,24)4)40(62)28(68-44(46)65)17-70-16-25(47-19(2)50)41(63)48-30-33(56)32(55)27(15-49)67-42(30)69-39-37(60)35(58)34(57)36(59)38(39)61/h5-12,18,21-28,30-39,42,49,54-61H,13-17H2,1-4H3,(H,47,50)(H,48,63)(H,52,53)/b6-5-,9-7-,10-8-/t18-,21-,22+,23+,24-,25+,26+,27-,28+,30+,31+,32+,33+,34?,35-,36+,37-,38-,39?,42+,45-,46-/m0/s1. The first-order valence-corrected chi connectivity index (χ1v) is 24.0. The van der Waals surface area contributed by atoms with Crippen molar-refractivity contribution in [2.24, 2.45) is 40.4 Å². The number of hydrogen-bond acceptors (Lipinski definition) is 21. The maximum absolute atomic E-state index is 15.5. The van der Waals surface area contributed by atoms with E-state index in [4.69, 9.17) is 24.1 Å². The zero-order valence-electron chi connectivity index (χ0n) is 38.6. The normalized spacial score (nSPS) is 43.2. The number of carboxylic acid groups (broad SMARTS) is 1. The zero-order valence-corrected chi connectivity index (χ0v) is 39.4. The number of hydrogen-bond donors (Lipinski definition) is 12. The molecule has 12 N–H and O–H groups in total. The Morgan fingerprint density at radius 2 is 1.51 bits per heavy atom. The molecule has 2 unspecified atom stereocenters. The molecule has 22 atom stereocenters.